The molecule has 0 saturated carbocycles. The van der Waals surface area contributed by atoms with Crippen LogP contribution in [0.2, 0.25) is 0 Å². The van der Waals surface area contributed by atoms with E-state index >= 15 is 0 Å². The molecular formula is C26H35NS. The maximum absolute atomic E-state index is 3.80. The smallest absolute Gasteiger partial charge is 0.0642 e. The number of nitrogens with zero attached hydrogens (tertiary/aromatic N) is 1. The number of likely N-dealkylation sites (tertiary alicyclic amines) is 1. The van der Waals surface area contributed by atoms with E-state index in [1.165, 1.54) is 34.4 Å². The summed E-state index contributed by atoms with van der Waals surface area (Å²) in [6, 6.07) is 7.15. The Kier molecular flexibility index (Phi) is 6.12. The van der Waals surface area contributed by atoms with Crippen molar-refractivity contribution >= 4 is 17.3 Å². The second-order valence-electron chi connectivity index (χ2n) is 9.35. The van der Waals surface area contributed by atoms with E-state index in [1.54, 1.807) is 11.1 Å². The molecule has 1 aromatic rings. The first-order valence-corrected chi connectivity index (χ1v) is 11.2. The Hall–Kier alpha value is -1.51. The topological polar surface area (TPSA) is 3.24 Å². The quantitative estimate of drug-likeness (QED) is 0.508. The molecule has 0 aliphatic carbocycles. The third kappa shape index (κ3) is 4.09. The van der Waals surface area contributed by atoms with Gasteiger partial charge in [-0.15, -0.1) is 11.8 Å². The van der Waals surface area contributed by atoms with Gasteiger partial charge in [-0.25, -0.2) is 0 Å². The molecule has 0 N–H and O–H groups in total. The Morgan fingerprint density at radius 1 is 1.18 bits per heavy atom. The number of piperidine rings is 1. The number of rotatable bonds is 3. The molecule has 150 valence electrons. The minimum absolute atomic E-state index is 0.00437. The number of fused-ring (bicyclic) bond motifs is 1. The lowest BCUT2D eigenvalue weighted by atomic mass is 9.79. The van der Waals surface area contributed by atoms with Crippen molar-refractivity contribution in [3.05, 3.63) is 71.4 Å². The van der Waals surface area contributed by atoms with Gasteiger partial charge >= 0.3 is 0 Å². The fraction of sp³-hybridized carbons (Fsp3) is 0.462. The van der Waals surface area contributed by atoms with Gasteiger partial charge in [-0.1, -0.05) is 68.9 Å². The van der Waals surface area contributed by atoms with E-state index < -0.39 is 0 Å². The maximum Gasteiger partial charge on any atom is 0.0642 e. The first-order valence-electron chi connectivity index (χ1n) is 10.4. The molecule has 0 amide bonds. The third-order valence-corrected chi connectivity index (χ3v) is 7.71. The highest BCUT2D eigenvalue weighted by Crippen LogP contribution is 2.58. The van der Waals surface area contributed by atoms with Crippen LogP contribution >= 0.6 is 11.8 Å². The van der Waals surface area contributed by atoms with E-state index in [0.717, 1.165) is 13.1 Å². The molecule has 1 unspecified atom stereocenters. The van der Waals surface area contributed by atoms with Crippen molar-refractivity contribution in [1.29, 1.82) is 0 Å². The maximum atomic E-state index is 3.80. The van der Waals surface area contributed by atoms with Crippen LogP contribution in [0.5, 0.6) is 0 Å². The van der Waals surface area contributed by atoms with E-state index in [9.17, 15) is 0 Å². The monoisotopic (exact) mass is 393 g/mol. The van der Waals surface area contributed by atoms with Crippen LogP contribution in [0.1, 0.15) is 58.6 Å². The van der Waals surface area contributed by atoms with Gasteiger partial charge < -0.3 is 4.90 Å². The van der Waals surface area contributed by atoms with Gasteiger partial charge in [0.05, 0.1) is 4.75 Å². The molecule has 1 saturated heterocycles. The summed E-state index contributed by atoms with van der Waals surface area (Å²) >= 11 is 2.03. The fourth-order valence-electron chi connectivity index (χ4n) is 4.19. The van der Waals surface area contributed by atoms with Crippen LogP contribution in [0.4, 0.5) is 0 Å². The van der Waals surface area contributed by atoms with Crippen molar-refractivity contribution in [3.8, 4) is 0 Å². The average Bonchev–Trinajstić information content (AvgIpc) is 2.94. The second-order valence-corrected chi connectivity index (χ2v) is 10.8. The molecule has 1 atom stereocenters. The Balaban J connectivity index is 2.16. The van der Waals surface area contributed by atoms with Crippen molar-refractivity contribution < 1.29 is 0 Å². The summed E-state index contributed by atoms with van der Waals surface area (Å²) in [5, 5.41) is 0. The zero-order valence-corrected chi connectivity index (χ0v) is 19.2. The number of hydrogen-bond donors (Lipinski definition) is 0. The normalized spacial score (nSPS) is 24.1. The van der Waals surface area contributed by atoms with Crippen molar-refractivity contribution in [1.82, 2.24) is 4.90 Å². The van der Waals surface area contributed by atoms with E-state index in [1.807, 2.05) is 23.9 Å². The highest BCUT2D eigenvalue weighted by molar-refractivity contribution is 8.01. The molecule has 1 fully saturated rings. The molecule has 0 radical (unpaired) electrons. The standard InChI is InChI=1S/C26H35NS/c1-8-9-10-11-19(2)26(6)24(20-14-16-27(7)17-15-20)22-18-21(25(3,4)5)12-13-23(22)28-26/h8-13,18H,1,14-17H2,2-7H3/b10-9-,19-11+. The zero-order valence-electron chi connectivity index (χ0n) is 18.4. The summed E-state index contributed by atoms with van der Waals surface area (Å²) in [6.45, 7) is 17.7. The number of allylic oxidation sites excluding steroid dienone is 4. The van der Waals surface area contributed by atoms with Gasteiger partial charge in [-0.2, -0.15) is 0 Å². The summed E-state index contributed by atoms with van der Waals surface area (Å²) in [7, 11) is 2.24. The molecule has 1 aromatic carbocycles. The number of hydrogen-bond acceptors (Lipinski definition) is 2. The van der Waals surface area contributed by atoms with Gasteiger partial charge in [0.25, 0.3) is 0 Å². The highest BCUT2D eigenvalue weighted by atomic mass is 32.2. The van der Waals surface area contributed by atoms with Gasteiger partial charge in [-0.3, -0.25) is 0 Å². The van der Waals surface area contributed by atoms with E-state index in [0.29, 0.717) is 0 Å². The molecule has 0 aromatic heterocycles. The van der Waals surface area contributed by atoms with Crippen molar-refractivity contribution in [2.75, 3.05) is 20.1 Å². The summed E-state index contributed by atoms with van der Waals surface area (Å²) in [5.41, 5.74) is 7.70. The Morgan fingerprint density at radius 3 is 2.46 bits per heavy atom. The SMILES string of the molecule is C=C/C=C\C=C(/C)C1(C)Sc2ccc(C(C)(C)C)cc2C1=C1CCN(C)CC1. The van der Waals surface area contributed by atoms with Crippen LogP contribution in [-0.4, -0.2) is 29.8 Å². The van der Waals surface area contributed by atoms with Crippen LogP contribution in [0, 0.1) is 0 Å². The molecule has 0 bridgehead atoms. The minimum atomic E-state index is -0.00437. The van der Waals surface area contributed by atoms with E-state index in [2.05, 4.69) is 83.5 Å². The first-order chi connectivity index (χ1) is 13.2. The Bertz CT molecular complexity index is 840. The van der Waals surface area contributed by atoms with Gasteiger partial charge in [0.15, 0.2) is 0 Å². The molecule has 2 aliphatic rings. The average molecular weight is 394 g/mol. The molecular weight excluding hydrogens is 358 g/mol. The van der Waals surface area contributed by atoms with Crippen LogP contribution < -0.4 is 0 Å². The van der Waals surface area contributed by atoms with Crippen molar-refractivity contribution in [3.63, 3.8) is 0 Å². The van der Waals surface area contributed by atoms with Gasteiger partial charge in [0.1, 0.15) is 0 Å². The molecule has 3 rings (SSSR count). The largest absolute Gasteiger partial charge is 0.306 e. The van der Waals surface area contributed by atoms with Gasteiger partial charge in [-0.05, 0) is 68.0 Å². The Morgan fingerprint density at radius 2 is 1.86 bits per heavy atom. The van der Waals surface area contributed by atoms with Crippen LogP contribution in [0.3, 0.4) is 0 Å². The number of thioether (sulfide) groups is 1. The zero-order chi connectivity index (χ0) is 20.5. The van der Waals surface area contributed by atoms with E-state index in [-0.39, 0.29) is 10.2 Å². The molecule has 1 nitrogen and oxygen atoms in total. The second kappa shape index (κ2) is 8.08. The molecule has 2 heterocycles. The summed E-state index contributed by atoms with van der Waals surface area (Å²) in [4.78, 5) is 3.88. The molecule has 28 heavy (non-hydrogen) atoms. The lowest BCUT2D eigenvalue weighted by Crippen LogP contribution is -2.29. The van der Waals surface area contributed by atoms with Crippen molar-refractivity contribution in [2.24, 2.45) is 0 Å². The summed E-state index contributed by atoms with van der Waals surface area (Å²) in [5.74, 6) is 0. The predicted molar refractivity (Wildman–Crippen MR) is 126 cm³/mol. The summed E-state index contributed by atoms with van der Waals surface area (Å²) in [6.07, 6.45) is 10.6. The lowest BCUT2D eigenvalue weighted by molar-refractivity contribution is 0.312. The summed E-state index contributed by atoms with van der Waals surface area (Å²) < 4.78 is -0.00437. The first kappa shape index (κ1) is 21.2. The van der Waals surface area contributed by atoms with Gasteiger partial charge in [0, 0.05) is 18.0 Å². The molecule has 2 heteroatoms. The lowest BCUT2D eigenvalue weighted by Gasteiger charge is -2.33. The van der Waals surface area contributed by atoms with E-state index in [4.69, 9.17) is 0 Å². The Labute approximate surface area is 176 Å². The highest BCUT2D eigenvalue weighted by Gasteiger charge is 2.42. The van der Waals surface area contributed by atoms with Gasteiger partial charge in [0.2, 0.25) is 0 Å². The van der Waals surface area contributed by atoms with Crippen LogP contribution in [0.25, 0.3) is 5.57 Å². The fourth-order valence-corrected chi connectivity index (χ4v) is 5.62. The van der Waals surface area contributed by atoms with Crippen molar-refractivity contribution in [2.45, 2.75) is 62.5 Å². The minimum Gasteiger partial charge on any atom is -0.306 e. The predicted octanol–water partition coefficient (Wildman–Crippen LogP) is 7.02. The molecule has 2 aliphatic heterocycles. The molecule has 0 spiro atoms. The third-order valence-electron chi connectivity index (χ3n) is 6.20. The van der Waals surface area contributed by atoms with Crippen LogP contribution in [-0.2, 0) is 5.41 Å². The number of benzene rings is 1. The van der Waals surface area contributed by atoms with Crippen LogP contribution in [0.15, 0.2) is 65.1 Å².